The number of ether oxygens (including phenoxy) is 1. The summed E-state index contributed by atoms with van der Waals surface area (Å²) < 4.78 is 18.2. The van der Waals surface area contributed by atoms with Gasteiger partial charge in [-0.1, -0.05) is 24.3 Å². The molecule has 2 aromatic rings. The molecule has 0 radical (unpaired) electrons. The van der Waals surface area contributed by atoms with Gasteiger partial charge >= 0.3 is 0 Å². The number of halogens is 1. The largest absolute Gasteiger partial charge is 0.496 e. The van der Waals surface area contributed by atoms with Gasteiger partial charge in [-0.3, -0.25) is 9.59 Å². The summed E-state index contributed by atoms with van der Waals surface area (Å²) in [5.74, 6) is 0.0966. The van der Waals surface area contributed by atoms with E-state index in [4.69, 9.17) is 4.74 Å². The van der Waals surface area contributed by atoms with Gasteiger partial charge in [0.2, 0.25) is 5.91 Å². The molecule has 1 aliphatic rings. The molecule has 0 aliphatic carbocycles. The first-order valence-corrected chi connectivity index (χ1v) is 9.03. The number of rotatable bonds is 5. The average molecular weight is 370 g/mol. The Bertz CT molecular complexity index is 799. The molecule has 2 amide bonds. The topological polar surface area (TPSA) is 58.6 Å². The first kappa shape index (κ1) is 18.9. The number of carbonyl (C=O) groups is 2. The van der Waals surface area contributed by atoms with Crippen molar-refractivity contribution < 1.29 is 18.7 Å². The lowest BCUT2D eigenvalue weighted by Gasteiger charge is -2.32. The Hall–Kier alpha value is -2.89. The van der Waals surface area contributed by atoms with Crippen LogP contribution in [0.2, 0.25) is 0 Å². The van der Waals surface area contributed by atoms with Crippen molar-refractivity contribution in [3.05, 3.63) is 65.5 Å². The molecular formula is C21H23FN2O3. The summed E-state index contributed by atoms with van der Waals surface area (Å²) in [7, 11) is 1.54. The molecule has 0 atom stereocenters. The van der Waals surface area contributed by atoms with Crippen LogP contribution in [0, 0.1) is 5.82 Å². The molecule has 1 saturated heterocycles. The smallest absolute Gasteiger partial charge is 0.255 e. The van der Waals surface area contributed by atoms with Crippen LogP contribution in [-0.2, 0) is 11.2 Å². The summed E-state index contributed by atoms with van der Waals surface area (Å²) in [6, 6.07) is 13.1. The first-order chi connectivity index (χ1) is 13.1. The van der Waals surface area contributed by atoms with Crippen LogP contribution in [0.15, 0.2) is 48.5 Å². The zero-order chi connectivity index (χ0) is 19.2. The van der Waals surface area contributed by atoms with Crippen LogP contribution in [-0.4, -0.2) is 43.0 Å². The third kappa shape index (κ3) is 4.84. The van der Waals surface area contributed by atoms with E-state index in [0.717, 1.165) is 5.56 Å². The number of carbonyl (C=O) groups excluding carboxylic acids is 2. The number of benzene rings is 2. The van der Waals surface area contributed by atoms with Crippen molar-refractivity contribution in [3.8, 4) is 5.75 Å². The maximum absolute atomic E-state index is 13.0. The molecule has 5 nitrogen and oxygen atoms in total. The monoisotopic (exact) mass is 370 g/mol. The Morgan fingerprint density at radius 3 is 2.44 bits per heavy atom. The molecule has 0 unspecified atom stereocenters. The van der Waals surface area contributed by atoms with Crippen molar-refractivity contribution in [2.24, 2.45) is 0 Å². The third-order valence-electron chi connectivity index (χ3n) is 4.80. The van der Waals surface area contributed by atoms with Gasteiger partial charge in [0.25, 0.3) is 5.91 Å². The molecule has 27 heavy (non-hydrogen) atoms. The van der Waals surface area contributed by atoms with E-state index in [9.17, 15) is 14.0 Å². The molecule has 0 spiro atoms. The lowest BCUT2D eigenvalue weighted by Crippen LogP contribution is -2.47. The zero-order valence-corrected chi connectivity index (χ0v) is 15.3. The predicted octanol–water partition coefficient (Wildman–Crippen LogP) is 2.80. The van der Waals surface area contributed by atoms with Crippen LogP contribution in [0.4, 0.5) is 4.39 Å². The minimum Gasteiger partial charge on any atom is -0.496 e. The Kier molecular flexibility index (Phi) is 6.06. The molecule has 3 rings (SSSR count). The van der Waals surface area contributed by atoms with Gasteiger partial charge in [0.1, 0.15) is 11.6 Å². The SMILES string of the molecule is COc1ccccc1C(=O)NC1CCN(C(=O)Cc2ccc(F)cc2)CC1. The fourth-order valence-electron chi connectivity index (χ4n) is 3.26. The quantitative estimate of drug-likeness (QED) is 0.881. The number of amides is 2. The summed E-state index contributed by atoms with van der Waals surface area (Å²) >= 11 is 0. The van der Waals surface area contributed by atoms with E-state index in [1.807, 2.05) is 6.07 Å². The first-order valence-electron chi connectivity index (χ1n) is 9.03. The second-order valence-electron chi connectivity index (χ2n) is 6.63. The number of hydrogen-bond acceptors (Lipinski definition) is 3. The van der Waals surface area contributed by atoms with E-state index in [-0.39, 0.29) is 30.1 Å². The highest BCUT2D eigenvalue weighted by Gasteiger charge is 2.24. The minimum absolute atomic E-state index is 0.0242. The molecule has 1 N–H and O–H groups in total. The standard InChI is InChI=1S/C21H23FN2O3/c1-27-19-5-3-2-4-18(19)21(26)23-17-10-12-24(13-11-17)20(25)14-15-6-8-16(22)9-7-15/h2-9,17H,10-14H2,1H3,(H,23,26). The van der Waals surface area contributed by atoms with Crippen LogP contribution < -0.4 is 10.1 Å². The van der Waals surface area contributed by atoms with Crippen molar-refractivity contribution in [2.45, 2.75) is 25.3 Å². The van der Waals surface area contributed by atoms with Gasteiger partial charge in [-0.25, -0.2) is 4.39 Å². The Labute approximate surface area is 158 Å². The van der Waals surface area contributed by atoms with Crippen LogP contribution in [0.1, 0.15) is 28.8 Å². The number of nitrogens with zero attached hydrogens (tertiary/aromatic N) is 1. The average Bonchev–Trinajstić information content (AvgIpc) is 2.70. The number of hydrogen-bond donors (Lipinski definition) is 1. The molecule has 1 heterocycles. The van der Waals surface area contributed by atoms with E-state index in [0.29, 0.717) is 37.2 Å². The van der Waals surface area contributed by atoms with Crippen LogP contribution in [0.3, 0.4) is 0 Å². The third-order valence-corrected chi connectivity index (χ3v) is 4.80. The molecule has 142 valence electrons. The molecule has 1 aliphatic heterocycles. The summed E-state index contributed by atoms with van der Waals surface area (Å²) in [5, 5.41) is 3.03. The van der Waals surface area contributed by atoms with Crippen LogP contribution in [0.5, 0.6) is 5.75 Å². The highest BCUT2D eigenvalue weighted by molar-refractivity contribution is 5.97. The summed E-state index contributed by atoms with van der Waals surface area (Å²) in [6.07, 6.45) is 1.67. The van der Waals surface area contributed by atoms with Gasteiger partial charge in [-0.2, -0.15) is 0 Å². The van der Waals surface area contributed by atoms with E-state index in [2.05, 4.69) is 5.32 Å². The highest BCUT2D eigenvalue weighted by Crippen LogP contribution is 2.19. The maximum Gasteiger partial charge on any atom is 0.255 e. The lowest BCUT2D eigenvalue weighted by atomic mass is 10.0. The summed E-state index contributed by atoms with van der Waals surface area (Å²) in [5.41, 5.74) is 1.31. The second-order valence-corrected chi connectivity index (χ2v) is 6.63. The zero-order valence-electron chi connectivity index (χ0n) is 15.3. The number of para-hydroxylation sites is 1. The molecule has 1 fully saturated rings. The fourth-order valence-corrected chi connectivity index (χ4v) is 3.26. The molecular weight excluding hydrogens is 347 g/mol. The van der Waals surface area contributed by atoms with E-state index in [1.165, 1.54) is 19.2 Å². The van der Waals surface area contributed by atoms with Crippen molar-refractivity contribution >= 4 is 11.8 Å². The molecule has 0 saturated carbocycles. The predicted molar refractivity (Wildman–Crippen MR) is 100 cm³/mol. The fraction of sp³-hybridized carbons (Fsp3) is 0.333. The lowest BCUT2D eigenvalue weighted by molar-refractivity contribution is -0.131. The van der Waals surface area contributed by atoms with Gasteiger partial charge in [-0.15, -0.1) is 0 Å². The van der Waals surface area contributed by atoms with Crippen LogP contribution >= 0.6 is 0 Å². The second kappa shape index (κ2) is 8.66. The van der Waals surface area contributed by atoms with Gasteiger partial charge in [-0.05, 0) is 42.7 Å². The van der Waals surface area contributed by atoms with Crippen LogP contribution in [0.25, 0.3) is 0 Å². The van der Waals surface area contributed by atoms with Gasteiger partial charge < -0.3 is 15.0 Å². The van der Waals surface area contributed by atoms with Crippen molar-refractivity contribution in [1.29, 1.82) is 0 Å². The Morgan fingerprint density at radius 2 is 1.78 bits per heavy atom. The normalized spacial score (nSPS) is 14.7. The number of likely N-dealkylation sites (tertiary alicyclic amines) is 1. The van der Waals surface area contributed by atoms with Gasteiger partial charge in [0, 0.05) is 19.1 Å². The van der Waals surface area contributed by atoms with Gasteiger partial charge in [0.05, 0.1) is 19.1 Å². The van der Waals surface area contributed by atoms with E-state index in [1.54, 1.807) is 35.2 Å². The summed E-state index contributed by atoms with van der Waals surface area (Å²) in [4.78, 5) is 26.7. The molecule has 0 bridgehead atoms. The molecule has 2 aromatic carbocycles. The van der Waals surface area contributed by atoms with Crippen molar-refractivity contribution in [2.75, 3.05) is 20.2 Å². The Balaban J connectivity index is 1.50. The minimum atomic E-state index is -0.308. The number of methoxy groups -OCH3 is 1. The molecule has 6 heteroatoms. The maximum atomic E-state index is 13.0. The van der Waals surface area contributed by atoms with Gasteiger partial charge in [0.15, 0.2) is 0 Å². The van der Waals surface area contributed by atoms with Crippen molar-refractivity contribution in [1.82, 2.24) is 10.2 Å². The number of nitrogens with one attached hydrogen (secondary N) is 1. The summed E-state index contributed by atoms with van der Waals surface area (Å²) in [6.45, 7) is 1.19. The van der Waals surface area contributed by atoms with E-state index >= 15 is 0 Å². The van der Waals surface area contributed by atoms with Crippen molar-refractivity contribution in [3.63, 3.8) is 0 Å². The highest BCUT2D eigenvalue weighted by atomic mass is 19.1. The van der Waals surface area contributed by atoms with E-state index < -0.39 is 0 Å². The number of piperidine rings is 1. The molecule has 0 aromatic heterocycles. The Morgan fingerprint density at radius 1 is 1.11 bits per heavy atom.